The number of methoxy groups -OCH3 is 1. The highest BCUT2D eigenvalue weighted by atomic mass is 16.5. The fourth-order valence-corrected chi connectivity index (χ4v) is 0.638. The van der Waals surface area contributed by atoms with Gasteiger partial charge in [-0.15, -0.1) is 0 Å². The van der Waals surface area contributed by atoms with E-state index in [2.05, 4.69) is 10.8 Å². The van der Waals surface area contributed by atoms with Crippen LogP contribution in [0, 0.1) is 6.08 Å². The Morgan fingerprint density at radius 1 is 1.70 bits per heavy atom. The fraction of sp³-hybridized carbons (Fsp3) is 0.125. The molecular weight excluding hydrogens is 128 g/mol. The van der Waals surface area contributed by atoms with Gasteiger partial charge in [-0.1, -0.05) is 0 Å². The van der Waals surface area contributed by atoms with Crippen LogP contribution in [0.4, 0.5) is 0 Å². The molecule has 1 rings (SSSR count). The molecule has 0 aromatic rings. The van der Waals surface area contributed by atoms with Gasteiger partial charge in [0.25, 0.3) is 0 Å². The smallest absolute Gasteiger partial charge is 0.396 e. The average Bonchev–Trinajstić information content (AvgIpc) is 2.05. The van der Waals surface area contributed by atoms with Gasteiger partial charge in [0.1, 0.15) is 12.2 Å². The molecule has 0 radical (unpaired) electrons. The quantitative estimate of drug-likeness (QED) is 0.396. The Morgan fingerprint density at radius 3 is 3.00 bits per heavy atom. The van der Waals surface area contributed by atoms with Gasteiger partial charge in [0.2, 0.25) is 0 Å². The van der Waals surface area contributed by atoms with Crippen molar-refractivity contribution in [1.29, 1.82) is 0 Å². The lowest BCUT2D eigenvalue weighted by atomic mass is 10.2. The third-order valence-corrected chi connectivity index (χ3v) is 1.13. The Hall–Kier alpha value is -1.40. The number of carbonyl (C=O) groups excluding carboxylic acids is 1. The number of allylic oxidation sites excluding steroid dienone is 4. The van der Waals surface area contributed by atoms with Crippen molar-refractivity contribution in [2.45, 2.75) is 0 Å². The molecule has 1 aliphatic rings. The van der Waals surface area contributed by atoms with Crippen molar-refractivity contribution >= 4 is 5.97 Å². The first-order valence-corrected chi connectivity index (χ1v) is 2.89. The van der Waals surface area contributed by atoms with Gasteiger partial charge in [0, 0.05) is 12.2 Å². The molecule has 0 amide bonds. The van der Waals surface area contributed by atoms with Crippen molar-refractivity contribution in [2.75, 3.05) is 7.11 Å². The van der Waals surface area contributed by atoms with Crippen LogP contribution < -0.4 is 0 Å². The third kappa shape index (κ3) is 1.30. The maximum absolute atomic E-state index is 10.8. The van der Waals surface area contributed by atoms with Crippen LogP contribution in [0.5, 0.6) is 0 Å². The van der Waals surface area contributed by atoms with Crippen molar-refractivity contribution in [3.63, 3.8) is 0 Å². The standard InChI is InChI=1S/C8H7O2/c1-10-8(9)7-5-3-2-4-6-7/h2-3,5-6H,1H3/q+1. The Balaban J connectivity index is 2.74. The SMILES string of the molecule is COC(=O)C1=CC=C[C+]=C1. The van der Waals surface area contributed by atoms with E-state index >= 15 is 0 Å². The highest BCUT2D eigenvalue weighted by Gasteiger charge is 2.13. The minimum absolute atomic E-state index is 0.322. The van der Waals surface area contributed by atoms with Gasteiger partial charge >= 0.3 is 5.97 Å². The first-order valence-electron chi connectivity index (χ1n) is 2.89. The predicted molar refractivity (Wildman–Crippen MR) is 37.1 cm³/mol. The number of carbonyl (C=O) groups is 1. The Morgan fingerprint density at radius 2 is 2.50 bits per heavy atom. The molecule has 0 heterocycles. The first-order chi connectivity index (χ1) is 4.84. The summed E-state index contributed by atoms with van der Waals surface area (Å²) in [6, 6.07) is 0. The minimum atomic E-state index is -0.322. The van der Waals surface area contributed by atoms with Crippen molar-refractivity contribution in [1.82, 2.24) is 0 Å². The van der Waals surface area contributed by atoms with Crippen LogP contribution in [0.15, 0.2) is 29.9 Å². The molecule has 50 valence electrons. The molecule has 0 spiro atoms. The van der Waals surface area contributed by atoms with Crippen LogP contribution >= 0.6 is 0 Å². The zero-order chi connectivity index (χ0) is 7.40. The third-order valence-electron chi connectivity index (χ3n) is 1.13. The second kappa shape index (κ2) is 2.95. The molecular formula is C8H7O2+. The summed E-state index contributed by atoms with van der Waals surface area (Å²) < 4.78 is 4.48. The van der Waals surface area contributed by atoms with Gasteiger partial charge in [-0.05, 0) is 0 Å². The number of ether oxygens (including phenoxy) is 1. The molecule has 0 N–H and O–H groups in total. The summed E-state index contributed by atoms with van der Waals surface area (Å²) in [5.41, 5.74) is 0.532. The van der Waals surface area contributed by atoms with Gasteiger partial charge in [0.05, 0.1) is 13.2 Å². The van der Waals surface area contributed by atoms with E-state index in [0.29, 0.717) is 5.57 Å². The number of rotatable bonds is 1. The number of hydrogen-bond donors (Lipinski definition) is 0. The van der Waals surface area contributed by atoms with Crippen molar-refractivity contribution < 1.29 is 9.53 Å². The summed E-state index contributed by atoms with van der Waals surface area (Å²) in [5, 5.41) is 0. The molecule has 0 atom stereocenters. The maximum Gasteiger partial charge on any atom is 0.396 e. The lowest BCUT2D eigenvalue weighted by Crippen LogP contribution is -2.02. The molecule has 0 saturated carbocycles. The Kier molecular flexibility index (Phi) is 1.98. The molecule has 1 aliphatic carbocycles. The predicted octanol–water partition coefficient (Wildman–Crippen LogP) is 1.01. The van der Waals surface area contributed by atoms with Gasteiger partial charge < -0.3 is 4.74 Å². The van der Waals surface area contributed by atoms with E-state index in [-0.39, 0.29) is 5.97 Å². The summed E-state index contributed by atoms with van der Waals surface area (Å²) in [6.45, 7) is 0. The maximum atomic E-state index is 10.8. The molecule has 0 aromatic heterocycles. The van der Waals surface area contributed by atoms with Crippen LogP contribution in [-0.2, 0) is 9.53 Å². The van der Waals surface area contributed by atoms with E-state index in [4.69, 9.17) is 0 Å². The van der Waals surface area contributed by atoms with Crippen molar-refractivity contribution in [2.24, 2.45) is 0 Å². The summed E-state index contributed by atoms with van der Waals surface area (Å²) in [4.78, 5) is 10.8. The summed E-state index contributed by atoms with van der Waals surface area (Å²) in [5.74, 6) is -0.322. The highest BCUT2D eigenvalue weighted by molar-refractivity contribution is 5.92. The van der Waals surface area contributed by atoms with Gasteiger partial charge in [0.15, 0.2) is 5.57 Å². The van der Waals surface area contributed by atoms with E-state index in [1.54, 1.807) is 24.3 Å². The topological polar surface area (TPSA) is 26.3 Å². The van der Waals surface area contributed by atoms with E-state index in [1.807, 2.05) is 0 Å². The normalized spacial score (nSPS) is 13.9. The second-order valence-electron chi connectivity index (χ2n) is 1.78. The van der Waals surface area contributed by atoms with Crippen LogP contribution in [0.1, 0.15) is 0 Å². The Labute approximate surface area is 59.5 Å². The molecule has 0 saturated heterocycles. The zero-order valence-electron chi connectivity index (χ0n) is 5.63. The van der Waals surface area contributed by atoms with Crippen molar-refractivity contribution in [3.05, 3.63) is 36.0 Å². The molecule has 2 nitrogen and oxygen atoms in total. The number of hydrogen-bond acceptors (Lipinski definition) is 2. The van der Waals surface area contributed by atoms with Crippen LogP contribution in [0.2, 0.25) is 0 Å². The second-order valence-corrected chi connectivity index (χ2v) is 1.78. The molecule has 2 heteroatoms. The number of esters is 1. The Bertz CT molecular complexity index is 221. The summed E-state index contributed by atoms with van der Waals surface area (Å²) in [6.07, 6.45) is 9.52. The minimum Gasteiger partial charge on any atom is -0.455 e. The van der Waals surface area contributed by atoms with E-state index < -0.39 is 0 Å². The molecule has 0 aliphatic heterocycles. The van der Waals surface area contributed by atoms with Crippen LogP contribution in [0.3, 0.4) is 0 Å². The highest BCUT2D eigenvalue weighted by Crippen LogP contribution is 2.03. The monoisotopic (exact) mass is 135 g/mol. The summed E-state index contributed by atoms with van der Waals surface area (Å²) in [7, 11) is 1.36. The van der Waals surface area contributed by atoms with Gasteiger partial charge in [-0.2, -0.15) is 0 Å². The summed E-state index contributed by atoms with van der Waals surface area (Å²) >= 11 is 0. The molecule has 0 aromatic carbocycles. The lowest BCUT2D eigenvalue weighted by molar-refractivity contribution is -0.135. The van der Waals surface area contributed by atoms with E-state index in [0.717, 1.165) is 0 Å². The molecule has 0 fully saturated rings. The van der Waals surface area contributed by atoms with Crippen molar-refractivity contribution in [3.8, 4) is 0 Å². The fourth-order valence-electron chi connectivity index (χ4n) is 0.638. The van der Waals surface area contributed by atoms with Gasteiger partial charge in [-0.3, -0.25) is 0 Å². The molecule has 10 heavy (non-hydrogen) atoms. The first kappa shape index (κ1) is 6.72. The lowest BCUT2D eigenvalue weighted by Gasteiger charge is -1.91. The van der Waals surface area contributed by atoms with Gasteiger partial charge in [-0.25, -0.2) is 4.79 Å². The van der Waals surface area contributed by atoms with Crippen LogP contribution in [0.25, 0.3) is 0 Å². The van der Waals surface area contributed by atoms with E-state index in [1.165, 1.54) is 7.11 Å². The van der Waals surface area contributed by atoms with E-state index in [9.17, 15) is 4.79 Å². The van der Waals surface area contributed by atoms with Crippen LogP contribution in [-0.4, -0.2) is 13.1 Å². The zero-order valence-corrected chi connectivity index (χ0v) is 5.63. The average molecular weight is 135 g/mol. The molecule has 0 unspecified atom stereocenters. The molecule has 0 bridgehead atoms. The largest absolute Gasteiger partial charge is 0.455 e.